The summed E-state index contributed by atoms with van der Waals surface area (Å²) in [4.78, 5) is 55.2. The zero-order valence-corrected chi connectivity index (χ0v) is 23.2. The highest BCUT2D eigenvalue weighted by atomic mass is 35.5. The Bertz CT molecular complexity index is 1650. The minimum Gasteiger partial charge on any atom is -0.325 e. The van der Waals surface area contributed by atoms with Crippen LogP contribution in [0.5, 0.6) is 0 Å². The van der Waals surface area contributed by atoms with Gasteiger partial charge in [0.05, 0.1) is 16.6 Å². The average molecular weight is 597 g/mol. The van der Waals surface area contributed by atoms with Crippen LogP contribution in [0.4, 0.5) is 11.4 Å². The Morgan fingerprint density at radius 3 is 2.15 bits per heavy atom. The van der Waals surface area contributed by atoms with Gasteiger partial charge in [0, 0.05) is 26.5 Å². The molecule has 11 heteroatoms. The Balaban J connectivity index is 1.39. The first-order chi connectivity index (χ1) is 18.8. The van der Waals surface area contributed by atoms with Gasteiger partial charge in [0.2, 0.25) is 17.7 Å². The number of hydrogen-bond acceptors (Lipinski definition) is 6. The first-order valence-electron chi connectivity index (χ1n) is 12.0. The SMILES string of the molecule is O=C(Cn1c2c(sc1=O)[C@@H](c1ccccc1)[C@@H]1C(=O)N(c3ccc(Cl)cc3)C(=O)[C@@H]1S2)Nc1ccc(Cl)cc1. The smallest absolute Gasteiger partial charge is 0.308 e. The van der Waals surface area contributed by atoms with Crippen molar-refractivity contribution < 1.29 is 14.4 Å². The van der Waals surface area contributed by atoms with Crippen LogP contribution in [0.1, 0.15) is 16.4 Å². The van der Waals surface area contributed by atoms with E-state index in [2.05, 4.69) is 5.32 Å². The zero-order chi connectivity index (χ0) is 27.3. The summed E-state index contributed by atoms with van der Waals surface area (Å²) in [6, 6.07) is 22.6. The van der Waals surface area contributed by atoms with E-state index in [0.717, 1.165) is 16.9 Å². The molecule has 2 aliphatic heterocycles. The van der Waals surface area contributed by atoms with Crippen molar-refractivity contribution in [1.29, 1.82) is 0 Å². The highest BCUT2D eigenvalue weighted by molar-refractivity contribution is 8.00. The summed E-state index contributed by atoms with van der Waals surface area (Å²) in [5.41, 5.74) is 1.82. The summed E-state index contributed by atoms with van der Waals surface area (Å²) in [6.45, 7) is -0.234. The normalized spacial score (nSPS) is 20.1. The Labute approximate surface area is 241 Å². The van der Waals surface area contributed by atoms with Gasteiger partial charge in [-0.05, 0) is 54.1 Å². The Morgan fingerprint density at radius 1 is 0.846 bits per heavy atom. The molecule has 0 bridgehead atoms. The second kappa shape index (κ2) is 10.3. The summed E-state index contributed by atoms with van der Waals surface area (Å²) >= 11 is 14.1. The molecule has 4 aromatic rings. The van der Waals surface area contributed by atoms with Crippen molar-refractivity contribution >= 4 is 75.4 Å². The van der Waals surface area contributed by atoms with Crippen LogP contribution in [0.2, 0.25) is 10.0 Å². The summed E-state index contributed by atoms with van der Waals surface area (Å²) in [7, 11) is 0. The molecule has 7 nitrogen and oxygen atoms in total. The quantitative estimate of drug-likeness (QED) is 0.301. The monoisotopic (exact) mass is 595 g/mol. The molecule has 3 heterocycles. The molecule has 0 spiro atoms. The van der Waals surface area contributed by atoms with Crippen LogP contribution < -0.4 is 15.1 Å². The topological polar surface area (TPSA) is 88.5 Å². The van der Waals surface area contributed by atoms with Crippen LogP contribution in [-0.4, -0.2) is 27.5 Å². The van der Waals surface area contributed by atoms with Crippen LogP contribution in [0.15, 0.2) is 88.7 Å². The van der Waals surface area contributed by atoms with Crippen LogP contribution >= 0.6 is 46.3 Å². The number of rotatable bonds is 5. The molecule has 1 fully saturated rings. The minimum atomic E-state index is -0.759. The van der Waals surface area contributed by atoms with E-state index in [4.69, 9.17) is 23.2 Å². The molecule has 39 heavy (non-hydrogen) atoms. The highest BCUT2D eigenvalue weighted by Gasteiger charge is 2.56. The number of fused-ring (bicyclic) bond motifs is 2. The lowest BCUT2D eigenvalue weighted by Crippen LogP contribution is -2.33. The first-order valence-corrected chi connectivity index (χ1v) is 14.4. The maximum absolute atomic E-state index is 13.8. The molecule has 3 aromatic carbocycles. The van der Waals surface area contributed by atoms with E-state index in [9.17, 15) is 19.2 Å². The number of nitrogens with one attached hydrogen (secondary N) is 1. The second-order valence-corrected chi connectivity index (χ2v) is 12.1. The number of anilines is 2. The predicted octanol–water partition coefficient (Wildman–Crippen LogP) is 5.65. The van der Waals surface area contributed by atoms with Gasteiger partial charge in [-0.3, -0.25) is 23.7 Å². The fourth-order valence-corrected chi connectivity index (χ4v) is 8.02. The number of aromatic nitrogens is 1. The number of thiazole rings is 1. The molecule has 0 radical (unpaired) electrons. The van der Waals surface area contributed by atoms with Crippen LogP contribution in [0.25, 0.3) is 0 Å². The summed E-state index contributed by atoms with van der Waals surface area (Å²) < 4.78 is 1.39. The van der Waals surface area contributed by atoms with Gasteiger partial charge in [-0.1, -0.05) is 76.6 Å². The third-order valence-electron chi connectivity index (χ3n) is 6.72. The number of carbonyl (C=O) groups excluding carboxylic acids is 3. The molecular weight excluding hydrogens is 577 g/mol. The van der Waals surface area contributed by atoms with Gasteiger partial charge >= 0.3 is 4.87 Å². The van der Waals surface area contributed by atoms with Gasteiger partial charge in [-0.15, -0.1) is 0 Å². The summed E-state index contributed by atoms with van der Waals surface area (Å²) in [5, 5.41) is 3.59. The van der Waals surface area contributed by atoms with Crippen molar-refractivity contribution in [3.63, 3.8) is 0 Å². The van der Waals surface area contributed by atoms with Crippen molar-refractivity contribution in [2.45, 2.75) is 22.7 Å². The van der Waals surface area contributed by atoms with Crippen LogP contribution in [-0.2, 0) is 20.9 Å². The fraction of sp³-hybridized carbons (Fsp3) is 0.143. The van der Waals surface area contributed by atoms with E-state index < -0.39 is 23.0 Å². The van der Waals surface area contributed by atoms with Gasteiger partial charge in [-0.2, -0.15) is 0 Å². The molecule has 0 unspecified atom stereocenters. The van der Waals surface area contributed by atoms with Gasteiger partial charge in [0.15, 0.2) is 0 Å². The number of thioether (sulfide) groups is 1. The van der Waals surface area contributed by atoms with Gasteiger partial charge < -0.3 is 5.32 Å². The molecule has 1 saturated heterocycles. The fourth-order valence-electron chi connectivity index (χ4n) is 5.00. The third kappa shape index (κ3) is 4.69. The maximum Gasteiger partial charge on any atom is 0.308 e. The standard InChI is InChI=1S/C28H19Cl2N3O4S2/c29-16-6-10-18(11-7-16)31-20(34)14-32-27-24(39-28(32)37)21(15-4-2-1-3-5-15)22-23(38-27)26(36)33(25(22)35)19-12-8-17(30)9-13-19/h1-13,21-23H,14H2,(H,31,34)/t21-,22-,23+/m0/s1. The first kappa shape index (κ1) is 25.9. The highest BCUT2D eigenvalue weighted by Crippen LogP contribution is 2.53. The van der Waals surface area contributed by atoms with Gasteiger partial charge in [0.1, 0.15) is 11.8 Å². The number of halogens is 2. The van der Waals surface area contributed by atoms with Gasteiger partial charge in [0.25, 0.3) is 0 Å². The van der Waals surface area contributed by atoms with Crippen molar-refractivity contribution in [2.24, 2.45) is 5.92 Å². The number of amides is 3. The third-order valence-corrected chi connectivity index (χ3v) is 9.83. The molecule has 6 rings (SSSR count). The van der Waals surface area contributed by atoms with Crippen molar-refractivity contribution in [1.82, 2.24) is 4.57 Å². The zero-order valence-electron chi connectivity index (χ0n) is 20.0. The number of benzene rings is 3. The minimum absolute atomic E-state index is 0.234. The van der Waals surface area contributed by atoms with E-state index in [0.29, 0.717) is 31.3 Å². The summed E-state index contributed by atoms with van der Waals surface area (Å²) in [6.07, 6.45) is 0. The lowest BCUT2D eigenvalue weighted by Gasteiger charge is -2.30. The van der Waals surface area contributed by atoms with Crippen molar-refractivity contribution in [3.05, 3.63) is 109 Å². The molecule has 3 atom stereocenters. The Morgan fingerprint density at radius 2 is 1.49 bits per heavy atom. The van der Waals surface area contributed by atoms with E-state index in [1.165, 1.54) is 21.2 Å². The van der Waals surface area contributed by atoms with Gasteiger partial charge in [-0.25, -0.2) is 4.90 Å². The Kier molecular flexibility index (Phi) is 6.84. The molecule has 2 aliphatic rings. The molecule has 196 valence electrons. The molecule has 0 aliphatic carbocycles. The van der Waals surface area contributed by atoms with E-state index in [-0.39, 0.29) is 23.2 Å². The largest absolute Gasteiger partial charge is 0.325 e. The Hall–Kier alpha value is -3.37. The lowest BCUT2D eigenvalue weighted by atomic mass is 9.83. The van der Waals surface area contributed by atoms with E-state index in [1.807, 2.05) is 30.3 Å². The predicted molar refractivity (Wildman–Crippen MR) is 154 cm³/mol. The summed E-state index contributed by atoms with van der Waals surface area (Å²) in [5.74, 6) is -2.30. The van der Waals surface area contributed by atoms with E-state index >= 15 is 0 Å². The average Bonchev–Trinajstić information content (AvgIpc) is 3.37. The number of carbonyl (C=O) groups is 3. The van der Waals surface area contributed by atoms with E-state index in [1.54, 1.807) is 48.5 Å². The number of nitrogens with zero attached hydrogens (tertiary/aromatic N) is 2. The molecular formula is C28H19Cl2N3O4S2. The van der Waals surface area contributed by atoms with Crippen molar-refractivity contribution in [3.8, 4) is 0 Å². The van der Waals surface area contributed by atoms with Crippen LogP contribution in [0, 0.1) is 5.92 Å². The molecule has 0 saturated carbocycles. The second-order valence-electron chi connectivity index (χ2n) is 9.12. The number of imide groups is 1. The molecule has 1 N–H and O–H groups in total. The van der Waals surface area contributed by atoms with Crippen molar-refractivity contribution in [2.75, 3.05) is 10.2 Å². The van der Waals surface area contributed by atoms with Crippen LogP contribution in [0.3, 0.4) is 0 Å². The maximum atomic E-state index is 13.8. The molecule has 3 amide bonds. The lowest BCUT2D eigenvalue weighted by molar-refractivity contribution is -0.122. The molecule has 1 aromatic heterocycles. The number of hydrogen-bond donors (Lipinski definition) is 1.